The Morgan fingerprint density at radius 3 is 2.67 bits per heavy atom. The average molecular weight is 501 g/mol. The van der Waals surface area contributed by atoms with Gasteiger partial charge >= 0.3 is 0 Å². The number of rotatable bonds is 5. The summed E-state index contributed by atoms with van der Waals surface area (Å²) in [6, 6.07) is 14.5. The minimum atomic E-state index is 0. The van der Waals surface area contributed by atoms with Crippen LogP contribution in [0.15, 0.2) is 58.1 Å². The molecule has 0 atom stereocenters. The highest BCUT2D eigenvalue weighted by molar-refractivity contribution is 14.0. The quantitative estimate of drug-likeness (QED) is 0.372. The molecule has 1 aromatic heterocycles. The highest BCUT2D eigenvalue weighted by atomic mass is 127. The molecule has 128 valence electrons. The lowest BCUT2D eigenvalue weighted by atomic mass is 9.96. The van der Waals surface area contributed by atoms with Crippen molar-refractivity contribution in [3.05, 3.63) is 64.4 Å². The Morgan fingerprint density at radius 1 is 1.21 bits per heavy atom. The van der Waals surface area contributed by atoms with Gasteiger partial charge in [-0.25, -0.2) is 0 Å². The van der Waals surface area contributed by atoms with Gasteiger partial charge in [0.1, 0.15) is 0 Å². The molecular formula is C18H22BrIN4. The van der Waals surface area contributed by atoms with E-state index in [0.29, 0.717) is 6.54 Å². The molecule has 2 N–H and O–H groups in total. The van der Waals surface area contributed by atoms with Crippen LogP contribution in [0.3, 0.4) is 0 Å². The van der Waals surface area contributed by atoms with E-state index >= 15 is 0 Å². The van der Waals surface area contributed by atoms with Gasteiger partial charge in [0.2, 0.25) is 0 Å². The number of nitrogens with zero attached hydrogens (tertiary/aromatic N) is 2. The van der Waals surface area contributed by atoms with Crippen molar-refractivity contribution in [3.8, 4) is 0 Å². The number of aliphatic imine (C=N–C) groups is 1. The summed E-state index contributed by atoms with van der Waals surface area (Å²) in [5.41, 5.74) is 2.63. The van der Waals surface area contributed by atoms with Crippen molar-refractivity contribution in [1.29, 1.82) is 0 Å². The molecule has 1 saturated carbocycles. The molecule has 0 bridgehead atoms. The molecule has 1 fully saturated rings. The molecule has 1 aromatic carbocycles. The van der Waals surface area contributed by atoms with Crippen molar-refractivity contribution < 1.29 is 0 Å². The first kappa shape index (κ1) is 19.2. The van der Waals surface area contributed by atoms with E-state index in [2.05, 4.69) is 60.8 Å². The Bertz CT molecular complexity index is 686. The normalized spacial score (nSPS) is 15.3. The van der Waals surface area contributed by atoms with E-state index < -0.39 is 0 Å². The zero-order valence-corrected chi connectivity index (χ0v) is 17.5. The highest BCUT2D eigenvalue weighted by Gasteiger charge is 2.44. The number of nitrogens with one attached hydrogen (secondary N) is 2. The number of guanidine groups is 1. The second-order valence-electron chi connectivity index (χ2n) is 5.89. The fourth-order valence-electron chi connectivity index (χ4n) is 2.69. The third-order valence-corrected chi connectivity index (χ3v) is 4.76. The molecule has 0 aliphatic heterocycles. The van der Waals surface area contributed by atoms with E-state index in [1.54, 1.807) is 13.2 Å². The first-order valence-electron chi connectivity index (χ1n) is 7.82. The fourth-order valence-corrected chi connectivity index (χ4v) is 3.09. The molecule has 0 amide bonds. The lowest BCUT2D eigenvalue weighted by molar-refractivity contribution is 0.644. The molecule has 0 unspecified atom stereocenters. The van der Waals surface area contributed by atoms with Gasteiger partial charge in [-0.1, -0.05) is 34.1 Å². The molecule has 1 heterocycles. The molecule has 2 aromatic rings. The maximum Gasteiger partial charge on any atom is 0.191 e. The first-order valence-corrected chi connectivity index (χ1v) is 8.62. The topological polar surface area (TPSA) is 49.3 Å². The number of aromatic nitrogens is 1. The zero-order chi connectivity index (χ0) is 16.1. The zero-order valence-electron chi connectivity index (χ0n) is 13.6. The van der Waals surface area contributed by atoms with Crippen LogP contribution in [0.5, 0.6) is 0 Å². The second-order valence-corrected chi connectivity index (χ2v) is 6.81. The number of benzene rings is 1. The van der Waals surface area contributed by atoms with Crippen LogP contribution in [-0.2, 0) is 12.0 Å². The van der Waals surface area contributed by atoms with E-state index in [1.807, 2.05) is 18.2 Å². The lowest BCUT2D eigenvalue weighted by Crippen LogP contribution is -2.41. The molecule has 1 aliphatic carbocycles. The molecule has 4 nitrogen and oxygen atoms in total. The monoisotopic (exact) mass is 500 g/mol. The fraction of sp³-hybridized carbons (Fsp3) is 0.333. The minimum Gasteiger partial charge on any atom is -0.356 e. The van der Waals surface area contributed by atoms with Crippen LogP contribution in [0, 0.1) is 0 Å². The van der Waals surface area contributed by atoms with E-state index in [0.717, 1.165) is 22.7 Å². The Hall–Kier alpha value is -1.15. The average Bonchev–Trinajstić information content (AvgIpc) is 3.37. The molecule has 0 radical (unpaired) electrons. The highest BCUT2D eigenvalue weighted by Crippen LogP contribution is 2.48. The van der Waals surface area contributed by atoms with Gasteiger partial charge in [0.05, 0.1) is 12.2 Å². The van der Waals surface area contributed by atoms with Crippen molar-refractivity contribution >= 4 is 45.9 Å². The predicted molar refractivity (Wildman–Crippen MR) is 113 cm³/mol. The van der Waals surface area contributed by atoms with Crippen LogP contribution >= 0.6 is 39.9 Å². The number of halogens is 2. The van der Waals surface area contributed by atoms with Crippen LogP contribution in [-0.4, -0.2) is 24.5 Å². The number of hydrogen-bond donors (Lipinski definition) is 2. The molecule has 6 heteroatoms. The van der Waals surface area contributed by atoms with E-state index in [-0.39, 0.29) is 29.4 Å². The maximum atomic E-state index is 4.31. The van der Waals surface area contributed by atoms with Gasteiger partial charge in [-0.15, -0.1) is 24.0 Å². The van der Waals surface area contributed by atoms with E-state index in [4.69, 9.17) is 0 Å². The number of hydrogen-bond acceptors (Lipinski definition) is 2. The molecule has 3 rings (SSSR count). The summed E-state index contributed by atoms with van der Waals surface area (Å²) in [4.78, 5) is 8.62. The summed E-state index contributed by atoms with van der Waals surface area (Å²) in [6.07, 6.45) is 4.24. The predicted octanol–water partition coefficient (Wildman–Crippen LogP) is 3.86. The summed E-state index contributed by atoms with van der Waals surface area (Å²) >= 11 is 3.56. The van der Waals surface area contributed by atoms with Crippen LogP contribution in [0.1, 0.15) is 24.1 Å². The third kappa shape index (κ3) is 4.92. The SMILES string of the molecule is CN=C(NCc1ccccn1)NCC1(c2cccc(Br)c2)CC1.I. The molecule has 0 spiro atoms. The Labute approximate surface area is 168 Å². The Balaban J connectivity index is 0.00000208. The summed E-state index contributed by atoms with van der Waals surface area (Å²) in [5.74, 6) is 0.817. The van der Waals surface area contributed by atoms with Crippen molar-refractivity contribution in [2.24, 2.45) is 4.99 Å². The molecule has 24 heavy (non-hydrogen) atoms. The van der Waals surface area contributed by atoms with Crippen molar-refractivity contribution in [2.75, 3.05) is 13.6 Å². The van der Waals surface area contributed by atoms with Gasteiger partial charge in [0.15, 0.2) is 5.96 Å². The van der Waals surface area contributed by atoms with Gasteiger partial charge < -0.3 is 10.6 Å². The van der Waals surface area contributed by atoms with Gasteiger partial charge in [-0.3, -0.25) is 9.98 Å². The minimum absolute atomic E-state index is 0. The van der Waals surface area contributed by atoms with E-state index in [1.165, 1.54) is 18.4 Å². The Kier molecular flexibility index (Phi) is 7.03. The summed E-state index contributed by atoms with van der Waals surface area (Å²) in [5, 5.41) is 6.77. The van der Waals surface area contributed by atoms with Crippen LogP contribution in [0.2, 0.25) is 0 Å². The van der Waals surface area contributed by atoms with Crippen LogP contribution in [0.25, 0.3) is 0 Å². The van der Waals surface area contributed by atoms with Crippen molar-refractivity contribution in [3.63, 3.8) is 0 Å². The molecular weight excluding hydrogens is 479 g/mol. The summed E-state index contributed by atoms with van der Waals surface area (Å²) in [7, 11) is 1.80. The number of pyridine rings is 1. The lowest BCUT2D eigenvalue weighted by Gasteiger charge is -2.19. The smallest absolute Gasteiger partial charge is 0.191 e. The van der Waals surface area contributed by atoms with Crippen LogP contribution in [0.4, 0.5) is 0 Å². The van der Waals surface area contributed by atoms with Gasteiger partial charge in [-0.2, -0.15) is 0 Å². The Morgan fingerprint density at radius 2 is 2.04 bits per heavy atom. The van der Waals surface area contributed by atoms with E-state index in [9.17, 15) is 0 Å². The molecule has 0 saturated heterocycles. The second kappa shape index (κ2) is 8.80. The molecule has 1 aliphatic rings. The van der Waals surface area contributed by atoms with Gasteiger partial charge in [0, 0.05) is 29.7 Å². The van der Waals surface area contributed by atoms with Gasteiger partial charge in [0.25, 0.3) is 0 Å². The maximum absolute atomic E-state index is 4.31. The van der Waals surface area contributed by atoms with Crippen LogP contribution < -0.4 is 10.6 Å². The summed E-state index contributed by atoms with van der Waals surface area (Å²) in [6.45, 7) is 1.57. The summed E-state index contributed by atoms with van der Waals surface area (Å²) < 4.78 is 1.14. The van der Waals surface area contributed by atoms with Gasteiger partial charge in [-0.05, 0) is 42.7 Å². The third-order valence-electron chi connectivity index (χ3n) is 4.27. The first-order chi connectivity index (χ1) is 11.2. The largest absolute Gasteiger partial charge is 0.356 e. The standard InChI is InChI=1S/C18H21BrN4.HI/c1-20-17(22-12-16-7-2-3-10-21-16)23-13-18(8-9-18)14-5-4-6-15(19)11-14;/h2-7,10-11H,8-9,12-13H2,1H3,(H2,20,22,23);1H. The van der Waals surface area contributed by atoms with Crippen molar-refractivity contribution in [1.82, 2.24) is 15.6 Å². The van der Waals surface area contributed by atoms with Crippen molar-refractivity contribution in [2.45, 2.75) is 24.8 Å².